The Morgan fingerprint density at radius 2 is 2.32 bits per heavy atom. The fourth-order valence-corrected chi connectivity index (χ4v) is 2.24. The van der Waals surface area contributed by atoms with Crippen molar-refractivity contribution in [3.63, 3.8) is 0 Å². The molecule has 1 aromatic rings. The Bertz CT molecular complexity index is 456. The van der Waals surface area contributed by atoms with Crippen LogP contribution in [0.4, 0.5) is 0 Å². The number of amidine groups is 1. The molecular weight excluding hydrogens is 242 g/mol. The molecular formula is C14H21N3O2. The van der Waals surface area contributed by atoms with E-state index in [0.29, 0.717) is 11.3 Å². The van der Waals surface area contributed by atoms with Gasteiger partial charge in [-0.3, -0.25) is 0 Å². The third kappa shape index (κ3) is 3.38. The first-order valence-electron chi connectivity index (χ1n) is 6.60. The van der Waals surface area contributed by atoms with Crippen LogP contribution in [0.3, 0.4) is 0 Å². The molecule has 0 bridgehead atoms. The number of hydrogen-bond donors (Lipinski definition) is 3. The highest BCUT2D eigenvalue weighted by molar-refractivity contribution is 5.99. The number of benzene rings is 1. The van der Waals surface area contributed by atoms with Crippen molar-refractivity contribution in [3.8, 4) is 5.75 Å². The van der Waals surface area contributed by atoms with Gasteiger partial charge in [-0.05, 0) is 43.0 Å². The molecule has 5 nitrogen and oxygen atoms in total. The maximum atomic E-state index is 8.78. The zero-order chi connectivity index (χ0) is 13.7. The summed E-state index contributed by atoms with van der Waals surface area (Å²) >= 11 is 0. The summed E-state index contributed by atoms with van der Waals surface area (Å²) in [6.45, 7) is 1.84. The van der Waals surface area contributed by atoms with E-state index in [0.717, 1.165) is 24.6 Å². The summed E-state index contributed by atoms with van der Waals surface area (Å²) < 4.78 is 5.20. The molecule has 19 heavy (non-hydrogen) atoms. The first-order chi connectivity index (χ1) is 9.24. The van der Waals surface area contributed by atoms with Gasteiger partial charge in [-0.1, -0.05) is 17.6 Å². The van der Waals surface area contributed by atoms with Crippen LogP contribution >= 0.6 is 0 Å². The summed E-state index contributed by atoms with van der Waals surface area (Å²) in [6.07, 6.45) is 4.04. The first-order valence-corrected chi connectivity index (χ1v) is 6.60. The van der Waals surface area contributed by atoms with Gasteiger partial charge in [0, 0.05) is 6.54 Å². The monoisotopic (exact) mass is 263 g/mol. The highest BCUT2D eigenvalue weighted by Crippen LogP contribution is 2.25. The summed E-state index contributed by atoms with van der Waals surface area (Å²) in [5.74, 6) is 1.51. The Morgan fingerprint density at radius 3 is 2.89 bits per heavy atom. The molecule has 0 saturated heterocycles. The predicted octanol–water partition coefficient (Wildman–Crippen LogP) is 1.68. The molecule has 0 heterocycles. The second-order valence-corrected chi connectivity index (χ2v) is 4.95. The molecule has 1 aliphatic carbocycles. The number of ether oxygens (including phenoxy) is 1. The molecule has 0 unspecified atom stereocenters. The van der Waals surface area contributed by atoms with Crippen LogP contribution in [0.15, 0.2) is 23.4 Å². The van der Waals surface area contributed by atoms with Gasteiger partial charge < -0.3 is 21.0 Å². The zero-order valence-corrected chi connectivity index (χ0v) is 11.2. The zero-order valence-electron chi connectivity index (χ0n) is 11.2. The van der Waals surface area contributed by atoms with Crippen molar-refractivity contribution in [1.29, 1.82) is 0 Å². The van der Waals surface area contributed by atoms with Crippen LogP contribution in [0.2, 0.25) is 0 Å². The Hall–Kier alpha value is -1.75. The van der Waals surface area contributed by atoms with E-state index in [1.54, 1.807) is 7.11 Å². The van der Waals surface area contributed by atoms with E-state index in [2.05, 4.69) is 10.5 Å². The van der Waals surface area contributed by atoms with Crippen LogP contribution in [-0.2, 0) is 6.54 Å². The molecule has 5 heteroatoms. The van der Waals surface area contributed by atoms with Gasteiger partial charge in [0.15, 0.2) is 5.84 Å². The van der Waals surface area contributed by atoms with Gasteiger partial charge in [0.25, 0.3) is 0 Å². The second-order valence-electron chi connectivity index (χ2n) is 4.95. The number of oxime groups is 1. The lowest BCUT2D eigenvalue weighted by molar-refractivity contribution is 0.301. The third-order valence-electron chi connectivity index (χ3n) is 3.63. The Balaban J connectivity index is 2.00. The molecule has 0 aliphatic heterocycles. The van der Waals surface area contributed by atoms with Gasteiger partial charge in [-0.15, -0.1) is 0 Å². The van der Waals surface area contributed by atoms with Crippen LogP contribution in [-0.4, -0.2) is 24.7 Å². The van der Waals surface area contributed by atoms with Gasteiger partial charge in [0.1, 0.15) is 5.75 Å². The number of nitrogens with one attached hydrogen (secondary N) is 1. The van der Waals surface area contributed by atoms with E-state index in [4.69, 9.17) is 15.7 Å². The maximum Gasteiger partial charge on any atom is 0.173 e. The summed E-state index contributed by atoms with van der Waals surface area (Å²) in [7, 11) is 1.57. The van der Waals surface area contributed by atoms with Crippen molar-refractivity contribution in [1.82, 2.24) is 5.32 Å². The van der Waals surface area contributed by atoms with E-state index < -0.39 is 0 Å². The second kappa shape index (κ2) is 6.43. The third-order valence-corrected chi connectivity index (χ3v) is 3.63. The van der Waals surface area contributed by atoms with E-state index in [9.17, 15) is 0 Å². The summed E-state index contributed by atoms with van der Waals surface area (Å²) in [4.78, 5) is 0. The maximum absolute atomic E-state index is 8.78. The minimum atomic E-state index is 0.0673. The lowest BCUT2D eigenvalue weighted by Crippen LogP contribution is -2.27. The number of rotatable bonds is 6. The lowest BCUT2D eigenvalue weighted by atomic mass is 9.85. The SMILES string of the molecule is COc1ccc(CNCC2CCC2)cc1C(N)=NO. The molecule has 0 aromatic heterocycles. The van der Waals surface area contributed by atoms with E-state index in [1.165, 1.54) is 19.3 Å². The molecule has 0 amide bonds. The minimum absolute atomic E-state index is 0.0673. The van der Waals surface area contributed by atoms with Gasteiger partial charge in [-0.2, -0.15) is 0 Å². The molecule has 1 aromatic carbocycles. The fraction of sp³-hybridized carbons (Fsp3) is 0.500. The van der Waals surface area contributed by atoms with Crippen molar-refractivity contribution in [3.05, 3.63) is 29.3 Å². The number of hydrogen-bond acceptors (Lipinski definition) is 4. The number of nitrogens with zero attached hydrogens (tertiary/aromatic N) is 1. The minimum Gasteiger partial charge on any atom is -0.496 e. The topological polar surface area (TPSA) is 79.9 Å². The fourth-order valence-electron chi connectivity index (χ4n) is 2.24. The van der Waals surface area contributed by atoms with Crippen LogP contribution in [0.1, 0.15) is 30.4 Å². The normalized spacial score (nSPS) is 16.2. The number of methoxy groups -OCH3 is 1. The van der Waals surface area contributed by atoms with Gasteiger partial charge in [-0.25, -0.2) is 0 Å². The van der Waals surface area contributed by atoms with E-state index in [1.807, 2.05) is 18.2 Å². The van der Waals surface area contributed by atoms with Gasteiger partial charge in [0.05, 0.1) is 12.7 Å². The molecule has 1 fully saturated rings. The Labute approximate surface area is 113 Å². The van der Waals surface area contributed by atoms with Crippen LogP contribution in [0, 0.1) is 5.92 Å². The average Bonchev–Trinajstić information content (AvgIpc) is 2.40. The summed E-state index contributed by atoms with van der Waals surface area (Å²) in [5, 5.41) is 15.3. The average molecular weight is 263 g/mol. The van der Waals surface area contributed by atoms with Gasteiger partial charge in [0.2, 0.25) is 0 Å². The van der Waals surface area contributed by atoms with Crippen molar-refractivity contribution < 1.29 is 9.94 Å². The molecule has 104 valence electrons. The van der Waals surface area contributed by atoms with E-state index >= 15 is 0 Å². The summed E-state index contributed by atoms with van der Waals surface area (Å²) in [5.41, 5.74) is 7.36. The lowest BCUT2D eigenvalue weighted by Gasteiger charge is -2.25. The van der Waals surface area contributed by atoms with Gasteiger partial charge >= 0.3 is 0 Å². The van der Waals surface area contributed by atoms with Crippen LogP contribution in [0.5, 0.6) is 5.75 Å². The quantitative estimate of drug-likeness (QED) is 0.316. The molecule has 1 saturated carbocycles. The smallest absolute Gasteiger partial charge is 0.173 e. The summed E-state index contributed by atoms with van der Waals surface area (Å²) in [6, 6.07) is 5.72. The molecule has 0 radical (unpaired) electrons. The molecule has 0 spiro atoms. The standard InChI is InChI=1S/C14H21N3O2/c1-19-13-6-5-11(7-12(13)14(15)17-18)9-16-8-10-3-2-4-10/h5-7,10,16,18H,2-4,8-9H2,1H3,(H2,15,17). The van der Waals surface area contributed by atoms with Crippen LogP contribution < -0.4 is 15.8 Å². The van der Waals surface area contributed by atoms with E-state index in [-0.39, 0.29) is 5.84 Å². The molecule has 2 rings (SSSR count). The molecule has 4 N–H and O–H groups in total. The van der Waals surface area contributed by atoms with Crippen LogP contribution in [0.25, 0.3) is 0 Å². The molecule has 1 aliphatic rings. The Morgan fingerprint density at radius 1 is 1.53 bits per heavy atom. The van der Waals surface area contributed by atoms with Crippen molar-refractivity contribution >= 4 is 5.84 Å². The molecule has 0 atom stereocenters. The predicted molar refractivity (Wildman–Crippen MR) is 74.6 cm³/mol. The van der Waals surface area contributed by atoms with Crippen molar-refractivity contribution in [2.45, 2.75) is 25.8 Å². The van der Waals surface area contributed by atoms with Crippen molar-refractivity contribution in [2.24, 2.45) is 16.8 Å². The first kappa shape index (κ1) is 13.7. The highest BCUT2D eigenvalue weighted by atomic mass is 16.5. The Kier molecular flexibility index (Phi) is 4.63. The van der Waals surface area contributed by atoms with Crippen molar-refractivity contribution in [2.75, 3.05) is 13.7 Å². The highest BCUT2D eigenvalue weighted by Gasteiger charge is 2.16. The number of nitrogens with two attached hydrogens (primary N) is 1. The largest absolute Gasteiger partial charge is 0.496 e.